The zero-order valence-electron chi connectivity index (χ0n) is 14.1. The number of aliphatic hydroxyl groups is 4. The smallest absolute Gasteiger partial charge is 0.164 e. The van der Waals surface area contributed by atoms with Crippen LogP contribution < -0.4 is 0 Å². The van der Waals surface area contributed by atoms with Crippen LogP contribution in [-0.2, 0) is 4.79 Å². The first-order valence-electron chi connectivity index (χ1n) is 8.66. The minimum atomic E-state index is -1.63. The molecule has 0 aliphatic heterocycles. The Bertz CT molecular complexity index is 280. The third kappa shape index (κ3) is 9.51. The van der Waals surface area contributed by atoms with Crippen LogP contribution in [0.15, 0.2) is 0 Å². The number of ketones is 1. The molecular weight excluding hydrogens is 284 g/mol. The molecule has 0 aromatic rings. The Kier molecular flexibility index (Phi) is 12.7. The Morgan fingerprint density at radius 1 is 0.773 bits per heavy atom. The summed E-state index contributed by atoms with van der Waals surface area (Å²) in [7, 11) is 0. The summed E-state index contributed by atoms with van der Waals surface area (Å²) >= 11 is 0. The number of carbonyl (C=O) groups is 1. The molecule has 5 nitrogen and oxygen atoms in total. The van der Waals surface area contributed by atoms with Gasteiger partial charge in [-0.05, 0) is 13.3 Å². The van der Waals surface area contributed by atoms with Gasteiger partial charge in [-0.1, -0.05) is 58.3 Å². The van der Waals surface area contributed by atoms with Gasteiger partial charge in [0.25, 0.3) is 0 Å². The first-order chi connectivity index (χ1) is 10.4. The largest absolute Gasteiger partial charge is 0.391 e. The van der Waals surface area contributed by atoms with E-state index in [0.29, 0.717) is 6.42 Å². The van der Waals surface area contributed by atoms with Crippen molar-refractivity contribution in [2.24, 2.45) is 0 Å². The minimum absolute atomic E-state index is 0.195. The van der Waals surface area contributed by atoms with Gasteiger partial charge < -0.3 is 20.4 Å². The number of aliphatic hydroxyl groups excluding tert-OH is 4. The SMILES string of the molecule is CCCCCCCCCCCC(=O)[C@@H](O)[C@@H](O)[C@H](O)[C@@H](C)O. The van der Waals surface area contributed by atoms with E-state index in [9.17, 15) is 20.1 Å². The molecule has 132 valence electrons. The van der Waals surface area contributed by atoms with Gasteiger partial charge in [0.05, 0.1) is 6.10 Å². The van der Waals surface area contributed by atoms with Crippen molar-refractivity contribution in [3.05, 3.63) is 0 Å². The maximum atomic E-state index is 11.7. The van der Waals surface area contributed by atoms with E-state index in [2.05, 4.69) is 6.92 Å². The predicted octanol–water partition coefficient (Wildman–Crippen LogP) is 1.94. The highest BCUT2D eigenvalue weighted by Gasteiger charge is 2.31. The Hall–Kier alpha value is -0.490. The summed E-state index contributed by atoms with van der Waals surface area (Å²) in [5, 5.41) is 37.8. The number of unbranched alkanes of at least 4 members (excludes halogenated alkanes) is 8. The summed E-state index contributed by atoms with van der Waals surface area (Å²) in [6.07, 6.45) is 4.45. The lowest BCUT2D eigenvalue weighted by molar-refractivity contribution is -0.143. The number of rotatable bonds is 14. The Labute approximate surface area is 134 Å². The topological polar surface area (TPSA) is 98.0 Å². The second kappa shape index (κ2) is 13.0. The van der Waals surface area contributed by atoms with Crippen LogP contribution in [0.1, 0.15) is 78.1 Å². The second-order valence-electron chi connectivity index (χ2n) is 6.21. The molecule has 0 radical (unpaired) electrons. The molecule has 0 saturated heterocycles. The summed E-state index contributed by atoms with van der Waals surface area (Å²) in [5.41, 5.74) is 0. The zero-order chi connectivity index (χ0) is 17.0. The lowest BCUT2D eigenvalue weighted by Crippen LogP contribution is -2.46. The van der Waals surface area contributed by atoms with Crippen molar-refractivity contribution in [3.63, 3.8) is 0 Å². The molecule has 0 heterocycles. The molecule has 4 atom stereocenters. The molecule has 0 saturated carbocycles. The summed E-state index contributed by atoms with van der Waals surface area (Å²) in [5.74, 6) is -0.477. The fourth-order valence-electron chi connectivity index (χ4n) is 2.42. The maximum absolute atomic E-state index is 11.7. The van der Waals surface area contributed by atoms with Crippen LogP contribution in [0, 0.1) is 0 Å². The van der Waals surface area contributed by atoms with Crippen molar-refractivity contribution in [1.82, 2.24) is 0 Å². The van der Waals surface area contributed by atoms with Gasteiger partial charge in [-0.15, -0.1) is 0 Å². The number of hydrogen-bond donors (Lipinski definition) is 4. The molecule has 22 heavy (non-hydrogen) atoms. The highest BCUT2D eigenvalue weighted by atomic mass is 16.4. The van der Waals surface area contributed by atoms with E-state index in [4.69, 9.17) is 5.11 Å². The Morgan fingerprint density at radius 2 is 1.23 bits per heavy atom. The molecule has 0 unspecified atom stereocenters. The highest BCUT2D eigenvalue weighted by molar-refractivity contribution is 5.83. The molecular formula is C17H34O5. The zero-order valence-corrected chi connectivity index (χ0v) is 14.1. The van der Waals surface area contributed by atoms with Crippen LogP contribution >= 0.6 is 0 Å². The summed E-state index contributed by atoms with van der Waals surface area (Å²) < 4.78 is 0. The third-order valence-corrected chi connectivity index (χ3v) is 4.02. The average Bonchev–Trinajstić information content (AvgIpc) is 2.50. The van der Waals surface area contributed by atoms with Crippen molar-refractivity contribution in [2.75, 3.05) is 0 Å². The van der Waals surface area contributed by atoms with E-state index in [1.54, 1.807) is 0 Å². The molecule has 0 spiro atoms. The van der Waals surface area contributed by atoms with Gasteiger partial charge in [-0.25, -0.2) is 0 Å². The fourth-order valence-corrected chi connectivity index (χ4v) is 2.42. The van der Waals surface area contributed by atoms with Crippen LogP contribution in [0.2, 0.25) is 0 Å². The summed E-state index contributed by atoms with van der Waals surface area (Å²) in [6, 6.07) is 0. The first kappa shape index (κ1) is 21.5. The Morgan fingerprint density at radius 3 is 1.68 bits per heavy atom. The average molecular weight is 318 g/mol. The Balaban J connectivity index is 3.68. The molecule has 4 N–H and O–H groups in total. The minimum Gasteiger partial charge on any atom is -0.391 e. The van der Waals surface area contributed by atoms with Gasteiger partial charge in [-0.3, -0.25) is 4.79 Å². The van der Waals surface area contributed by atoms with E-state index < -0.39 is 30.2 Å². The third-order valence-electron chi connectivity index (χ3n) is 4.02. The summed E-state index contributed by atoms with van der Waals surface area (Å²) in [4.78, 5) is 11.7. The first-order valence-corrected chi connectivity index (χ1v) is 8.66. The summed E-state index contributed by atoms with van der Waals surface area (Å²) in [6.45, 7) is 3.49. The number of Topliss-reactive ketones (excluding diaryl/α,β-unsaturated/α-hetero) is 1. The molecule has 0 aromatic heterocycles. The van der Waals surface area contributed by atoms with Gasteiger partial charge in [0.2, 0.25) is 0 Å². The molecule has 0 bridgehead atoms. The van der Waals surface area contributed by atoms with E-state index >= 15 is 0 Å². The monoisotopic (exact) mass is 318 g/mol. The van der Waals surface area contributed by atoms with Gasteiger partial charge in [0, 0.05) is 6.42 Å². The molecule has 0 rings (SSSR count). The van der Waals surface area contributed by atoms with E-state index in [-0.39, 0.29) is 6.42 Å². The quantitative estimate of drug-likeness (QED) is 0.367. The highest BCUT2D eigenvalue weighted by Crippen LogP contribution is 2.13. The van der Waals surface area contributed by atoms with Crippen molar-refractivity contribution in [2.45, 2.75) is 102 Å². The predicted molar refractivity (Wildman–Crippen MR) is 86.6 cm³/mol. The van der Waals surface area contributed by atoms with Crippen molar-refractivity contribution < 1.29 is 25.2 Å². The van der Waals surface area contributed by atoms with Crippen molar-refractivity contribution in [3.8, 4) is 0 Å². The fraction of sp³-hybridized carbons (Fsp3) is 0.941. The second-order valence-corrected chi connectivity index (χ2v) is 6.21. The van der Waals surface area contributed by atoms with Crippen LogP contribution in [-0.4, -0.2) is 50.6 Å². The van der Waals surface area contributed by atoms with Crippen molar-refractivity contribution >= 4 is 5.78 Å². The van der Waals surface area contributed by atoms with Crippen LogP contribution in [0.4, 0.5) is 0 Å². The van der Waals surface area contributed by atoms with Gasteiger partial charge in [0.1, 0.15) is 18.3 Å². The van der Waals surface area contributed by atoms with Crippen LogP contribution in [0.5, 0.6) is 0 Å². The number of carbonyl (C=O) groups excluding carboxylic acids is 1. The van der Waals surface area contributed by atoms with Crippen molar-refractivity contribution in [1.29, 1.82) is 0 Å². The molecule has 0 aliphatic rings. The van der Waals surface area contributed by atoms with E-state index in [1.165, 1.54) is 45.4 Å². The normalized spacial score (nSPS) is 17.0. The molecule has 5 heteroatoms. The van der Waals surface area contributed by atoms with Gasteiger partial charge >= 0.3 is 0 Å². The molecule has 0 aliphatic carbocycles. The van der Waals surface area contributed by atoms with Gasteiger partial charge in [0.15, 0.2) is 5.78 Å². The maximum Gasteiger partial charge on any atom is 0.164 e. The lowest BCUT2D eigenvalue weighted by Gasteiger charge is -2.23. The molecule has 0 aromatic carbocycles. The molecule has 0 amide bonds. The molecule has 0 fully saturated rings. The van der Waals surface area contributed by atoms with Gasteiger partial charge in [-0.2, -0.15) is 0 Å². The number of hydrogen-bond acceptors (Lipinski definition) is 5. The lowest BCUT2D eigenvalue weighted by atomic mass is 9.97. The van der Waals surface area contributed by atoms with E-state index in [1.807, 2.05) is 0 Å². The van der Waals surface area contributed by atoms with Crippen LogP contribution in [0.3, 0.4) is 0 Å². The van der Waals surface area contributed by atoms with E-state index in [0.717, 1.165) is 12.8 Å². The standard InChI is InChI=1S/C17H34O5/c1-3-4-5-6-7-8-9-10-11-12-14(19)16(21)17(22)15(20)13(2)18/h13,15-18,20-22H,3-12H2,1-2H3/t13-,15-,16-,17+/m1/s1. The van der Waals surface area contributed by atoms with Crippen LogP contribution in [0.25, 0.3) is 0 Å².